The smallest absolute Gasteiger partial charge is 0.322 e. The van der Waals surface area contributed by atoms with Gasteiger partial charge in [0, 0.05) is 36.9 Å². The van der Waals surface area contributed by atoms with Gasteiger partial charge in [0.25, 0.3) is 0 Å². The summed E-state index contributed by atoms with van der Waals surface area (Å²) in [5, 5.41) is 4.64. The summed E-state index contributed by atoms with van der Waals surface area (Å²) in [7, 11) is 0. The van der Waals surface area contributed by atoms with E-state index in [1.807, 2.05) is 29.2 Å². The maximum Gasteiger partial charge on any atom is 0.322 e. The fourth-order valence-electron chi connectivity index (χ4n) is 5.89. The number of ether oxygens (including phenoxy) is 1. The molecule has 1 aromatic heterocycles. The molecule has 2 amide bonds. The number of likely N-dealkylation sites (tertiary alicyclic amines) is 1. The molecule has 0 aliphatic carbocycles. The van der Waals surface area contributed by atoms with Gasteiger partial charge in [-0.15, -0.1) is 0 Å². The van der Waals surface area contributed by atoms with Crippen LogP contribution in [0, 0.1) is 0 Å². The summed E-state index contributed by atoms with van der Waals surface area (Å²) < 4.78 is 5.72. The fraction of sp³-hybridized carbons (Fsp3) is 0.333. The number of carbonyl (C=O) groups excluding carboxylic acids is 1. The zero-order chi connectivity index (χ0) is 27.0. The molecule has 39 heavy (non-hydrogen) atoms. The molecule has 0 radical (unpaired) electrons. The van der Waals surface area contributed by atoms with Gasteiger partial charge in [-0.25, -0.2) is 9.78 Å². The Bertz CT molecular complexity index is 1440. The second-order valence-corrected chi connectivity index (χ2v) is 11.7. The summed E-state index contributed by atoms with van der Waals surface area (Å²) in [5.74, 6) is 0. The van der Waals surface area contributed by atoms with Gasteiger partial charge in [0.1, 0.15) is 5.15 Å². The minimum absolute atomic E-state index is 0.0613. The molecule has 1 N–H and O–H groups in total. The number of halogens is 3. The van der Waals surface area contributed by atoms with Gasteiger partial charge in [-0.3, -0.25) is 9.80 Å². The van der Waals surface area contributed by atoms with Crippen LogP contribution in [0.4, 0.5) is 10.5 Å². The van der Waals surface area contributed by atoms with Crippen LogP contribution in [-0.2, 0) is 29.9 Å². The molecular weight excluding hydrogens is 555 g/mol. The van der Waals surface area contributed by atoms with E-state index in [-0.39, 0.29) is 11.4 Å². The molecule has 3 aromatic rings. The molecule has 1 saturated heterocycles. The third kappa shape index (κ3) is 5.54. The van der Waals surface area contributed by atoms with Gasteiger partial charge in [0.15, 0.2) is 0 Å². The highest BCUT2D eigenvalue weighted by molar-refractivity contribution is 6.42. The van der Waals surface area contributed by atoms with Crippen LogP contribution in [0.5, 0.6) is 0 Å². The van der Waals surface area contributed by atoms with E-state index in [4.69, 9.17) is 39.5 Å². The molecule has 0 saturated carbocycles. The van der Waals surface area contributed by atoms with Crippen LogP contribution in [0.3, 0.4) is 0 Å². The summed E-state index contributed by atoms with van der Waals surface area (Å²) >= 11 is 18.2. The molecule has 6 rings (SSSR count). The van der Waals surface area contributed by atoms with Crippen LogP contribution in [0.15, 0.2) is 54.7 Å². The molecule has 3 aliphatic heterocycles. The molecule has 3 aliphatic rings. The third-order valence-electron chi connectivity index (χ3n) is 8.07. The van der Waals surface area contributed by atoms with Crippen LogP contribution in [0.2, 0.25) is 15.2 Å². The number of piperidine rings is 1. The van der Waals surface area contributed by atoms with Crippen LogP contribution in [0.1, 0.15) is 40.7 Å². The summed E-state index contributed by atoms with van der Waals surface area (Å²) in [5.41, 5.74) is 6.60. The lowest BCUT2D eigenvalue weighted by molar-refractivity contribution is 0.134. The van der Waals surface area contributed by atoms with Crippen molar-refractivity contribution in [3.8, 4) is 0 Å². The lowest BCUT2D eigenvalue weighted by atomic mass is 9.73. The number of fused-ring (bicyclic) bond motifs is 3. The number of hydrogen-bond acceptors (Lipinski definition) is 4. The highest BCUT2D eigenvalue weighted by Gasteiger charge is 2.47. The van der Waals surface area contributed by atoms with E-state index in [0.717, 1.165) is 49.3 Å². The van der Waals surface area contributed by atoms with E-state index in [0.29, 0.717) is 41.5 Å². The number of aromatic nitrogens is 1. The molecule has 0 bridgehead atoms. The highest BCUT2D eigenvalue weighted by atomic mass is 35.5. The molecule has 9 heteroatoms. The van der Waals surface area contributed by atoms with Crippen molar-refractivity contribution in [1.29, 1.82) is 0 Å². The highest BCUT2D eigenvalue weighted by Crippen LogP contribution is 2.48. The summed E-state index contributed by atoms with van der Waals surface area (Å²) in [6.07, 6.45) is 7.90. The van der Waals surface area contributed by atoms with Gasteiger partial charge in [-0.05, 0) is 84.1 Å². The van der Waals surface area contributed by atoms with Gasteiger partial charge >= 0.3 is 6.03 Å². The molecule has 1 fully saturated rings. The predicted molar refractivity (Wildman–Crippen MR) is 157 cm³/mol. The second kappa shape index (κ2) is 11.1. The molecule has 1 spiro atoms. The maximum absolute atomic E-state index is 13.5. The van der Waals surface area contributed by atoms with Crippen LogP contribution in [0.25, 0.3) is 6.08 Å². The molecule has 6 nitrogen and oxygen atoms in total. The second-order valence-electron chi connectivity index (χ2n) is 10.5. The minimum Gasteiger partial charge on any atom is -0.372 e. The van der Waals surface area contributed by atoms with Crippen molar-refractivity contribution in [2.24, 2.45) is 0 Å². The minimum atomic E-state index is -0.0908. The first-order valence-electron chi connectivity index (χ1n) is 13.1. The average molecular weight is 584 g/mol. The Morgan fingerprint density at radius 1 is 1.03 bits per heavy atom. The van der Waals surface area contributed by atoms with Crippen LogP contribution < -0.4 is 10.2 Å². The van der Waals surface area contributed by atoms with Gasteiger partial charge < -0.3 is 10.1 Å². The number of anilines is 1. The molecule has 0 unspecified atom stereocenters. The number of carbonyl (C=O) groups is 1. The van der Waals surface area contributed by atoms with E-state index in [1.54, 1.807) is 12.3 Å². The Morgan fingerprint density at radius 3 is 2.59 bits per heavy atom. The topological polar surface area (TPSA) is 57.7 Å². The number of hydrogen-bond donors (Lipinski definition) is 1. The van der Waals surface area contributed by atoms with Crippen molar-refractivity contribution >= 4 is 52.6 Å². The summed E-state index contributed by atoms with van der Waals surface area (Å²) in [4.78, 5) is 21.9. The quantitative estimate of drug-likeness (QED) is 0.334. The first kappa shape index (κ1) is 26.6. The van der Waals surface area contributed by atoms with Crippen molar-refractivity contribution in [2.45, 2.75) is 38.0 Å². The van der Waals surface area contributed by atoms with Crippen LogP contribution >= 0.6 is 34.8 Å². The van der Waals surface area contributed by atoms with Crippen LogP contribution in [-0.4, -0.2) is 42.1 Å². The lowest BCUT2D eigenvalue weighted by Gasteiger charge is -2.39. The number of nitrogens with one attached hydrogen (secondary N) is 1. The third-order valence-corrected chi connectivity index (χ3v) is 9.01. The van der Waals surface area contributed by atoms with Crippen molar-refractivity contribution in [1.82, 2.24) is 15.2 Å². The van der Waals surface area contributed by atoms with E-state index in [9.17, 15) is 4.79 Å². The van der Waals surface area contributed by atoms with E-state index in [1.165, 1.54) is 16.7 Å². The summed E-state index contributed by atoms with van der Waals surface area (Å²) in [6.45, 7) is 5.10. The Kier molecular flexibility index (Phi) is 7.58. The molecular formula is C30H29Cl3N4O2. The number of urea groups is 1. The normalized spacial score (nSPS) is 18.1. The molecule has 4 heterocycles. The van der Waals surface area contributed by atoms with Gasteiger partial charge in [-0.2, -0.15) is 0 Å². The van der Waals surface area contributed by atoms with Gasteiger partial charge in [-0.1, -0.05) is 59.1 Å². The SMILES string of the molecule is O=C(NCc1ccnc(Cl)c1)N1CC2(CCN(CC=Cc3ccc(Cl)c(Cl)c3)CC2)c2cc3c(cc21)COC3. The number of pyridine rings is 1. The van der Waals surface area contributed by atoms with Gasteiger partial charge in [0.2, 0.25) is 0 Å². The Balaban J connectivity index is 1.16. The standard InChI is InChI=1S/C30H29Cl3N4O2/c31-25-4-3-20(12-26(25)32)2-1-9-36-10-6-30(7-11-36)19-37(27-15-23-18-39-17-22(23)14-24(27)30)29(38)35-16-21-5-8-34-28(33)13-21/h1-5,8,12-15H,6-7,9-11,16-19H2,(H,35,38). The Labute approximate surface area is 243 Å². The van der Waals surface area contributed by atoms with E-state index in [2.05, 4.69) is 39.5 Å². The lowest BCUT2D eigenvalue weighted by Crippen LogP contribution is -2.47. The van der Waals surface area contributed by atoms with E-state index < -0.39 is 0 Å². The van der Waals surface area contributed by atoms with Crippen molar-refractivity contribution < 1.29 is 9.53 Å². The Morgan fingerprint density at radius 2 is 1.82 bits per heavy atom. The fourth-order valence-corrected chi connectivity index (χ4v) is 6.39. The first-order valence-corrected chi connectivity index (χ1v) is 14.3. The number of benzene rings is 2. The zero-order valence-corrected chi connectivity index (χ0v) is 23.7. The average Bonchev–Trinajstić information content (AvgIpc) is 3.52. The molecule has 202 valence electrons. The number of amides is 2. The maximum atomic E-state index is 13.5. The first-order chi connectivity index (χ1) is 18.9. The summed E-state index contributed by atoms with van der Waals surface area (Å²) in [6, 6.07) is 13.7. The van der Waals surface area contributed by atoms with Crippen molar-refractivity contribution in [2.75, 3.05) is 31.1 Å². The number of nitrogens with zero attached hydrogens (tertiary/aromatic N) is 3. The molecule has 0 atom stereocenters. The van der Waals surface area contributed by atoms with E-state index >= 15 is 0 Å². The Hall–Kier alpha value is -2.61. The number of rotatable bonds is 5. The monoisotopic (exact) mass is 582 g/mol. The van der Waals surface area contributed by atoms with Crippen molar-refractivity contribution in [3.05, 3.63) is 97.8 Å². The largest absolute Gasteiger partial charge is 0.372 e. The van der Waals surface area contributed by atoms with Crippen molar-refractivity contribution in [3.63, 3.8) is 0 Å². The predicted octanol–water partition coefficient (Wildman–Crippen LogP) is 6.85. The molecule has 2 aromatic carbocycles. The van der Waals surface area contributed by atoms with Gasteiger partial charge in [0.05, 0.1) is 23.3 Å². The zero-order valence-electron chi connectivity index (χ0n) is 21.4.